The van der Waals surface area contributed by atoms with E-state index in [1.165, 1.54) is 25.7 Å². The maximum atomic E-state index is 9.54. The maximum absolute atomic E-state index is 9.54. The van der Waals surface area contributed by atoms with E-state index in [9.17, 15) is 5.11 Å². The van der Waals surface area contributed by atoms with Crippen molar-refractivity contribution in [1.29, 1.82) is 0 Å². The van der Waals surface area contributed by atoms with Crippen LogP contribution in [-0.4, -0.2) is 11.2 Å². The second-order valence-electron chi connectivity index (χ2n) is 3.42. The van der Waals surface area contributed by atoms with Crippen LogP contribution >= 0.6 is 0 Å². The molecule has 1 saturated carbocycles. The molecule has 1 nitrogen and oxygen atoms in total. The Labute approximate surface area is 61.8 Å². The molecule has 2 aliphatic carbocycles. The van der Waals surface area contributed by atoms with E-state index in [2.05, 4.69) is 6.08 Å². The zero-order valence-corrected chi connectivity index (χ0v) is 6.21. The van der Waals surface area contributed by atoms with Gasteiger partial charge >= 0.3 is 0 Å². The molecular weight excluding hydrogens is 124 g/mol. The first kappa shape index (κ1) is 6.41. The van der Waals surface area contributed by atoms with Crippen molar-refractivity contribution in [3.63, 3.8) is 0 Å². The molecule has 0 heterocycles. The molecule has 2 aliphatic rings. The molecular formula is C9H14O. The smallest absolute Gasteiger partial charge is 0.0605 e. The van der Waals surface area contributed by atoms with Gasteiger partial charge < -0.3 is 5.11 Å². The molecule has 1 heteroatoms. The van der Waals surface area contributed by atoms with Gasteiger partial charge in [0.1, 0.15) is 0 Å². The lowest BCUT2D eigenvalue weighted by molar-refractivity contribution is 0.0988. The van der Waals surface area contributed by atoms with Gasteiger partial charge in [-0.2, -0.15) is 0 Å². The quantitative estimate of drug-likeness (QED) is 0.507. The summed E-state index contributed by atoms with van der Waals surface area (Å²) in [4.78, 5) is 0. The molecule has 1 N–H and O–H groups in total. The van der Waals surface area contributed by atoms with E-state index >= 15 is 0 Å². The van der Waals surface area contributed by atoms with Crippen molar-refractivity contribution in [2.75, 3.05) is 0 Å². The van der Waals surface area contributed by atoms with Crippen molar-refractivity contribution >= 4 is 0 Å². The van der Waals surface area contributed by atoms with Gasteiger partial charge in [0.05, 0.1) is 6.10 Å². The third-order valence-electron chi connectivity index (χ3n) is 2.79. The summed E-state index contributed by atoms with van der Waals surface area (Å²) < 4.78 is 0. The first-order valence-corrected chi connectivity index (χ1v) is 4.25. The maximum Gasteiger partial charge on any atom is 0.0605 e. The summed E-state index contributed by atoms with van der Waals surface area (Å²) in [7, 11) is 0. The van der Waals surface area contributed by atoms with Crippen LogP contribution in [0.15, 0.2) is 11.6 Å². The number of rotatable bonds is 0. The minimum absolute atomic E-state index is 0.0116. The molecule has 0 spiro atoms. The minimum Gasteiger partial charge on any atom is -0.393 e. The van der Waals surface area contributed by atoms with Gasteiger partial charge in [-0.15, -0.1) is 0 Å². The van der Waals surface area contributed by atoms with Gasteiger partial charge in [-0.05, 0) is 32.1 Å². The number of aliphatic hydroxyl groups excluding tert-OH is 1. The summed E-state index contributed by atoms with van der Waals surface area (Å²) in [6, 6.07) is 0. The summed E-state index contributed by atoms with van der Waals surface area (Å²) in [5, 5.41) is 9.54. The Morgan fingerprint density at radius 2 is 2.30 bits per heavy atom. The highest BCUT2D eigenvalue weighted by Gasteiger charge is 2.29. The van der Waals surface area contributed by atoms with Crippen LogP contribution in [0, 0.1) is 5.92 Å². The van der Waals surface area contributed by atoms with Crippen LogP contribution in [0.25, 0.3) is 0 Å². The molecule has 2 rings (SSSR count). The zero-order valence-electron chi connectivity index (χ0n) is 6.21. The summed E-state index contributed by atoms with van der Waals surface area (Å²) >= 11 is 0. The molecule has 2 atom stereocenters. The van der Waals surface area contributed by atoms with Crippen molar-refractivity contribution in [2.24, 2.45) is 5.92 Å². The van der Waals surface area contributed by atoms with Crippen molar-refractivity contribution < 1.29 is 5.11 Å². The third-order valence-corrected chi connectivity index (χ3v) is 2.79. The van der Waals surface area contributed by atoms with E-state index in [0.717, 1.165) is 6.42 Å². The lowest BCUT2D eigenvalue weighted by Crippen LogP contribution is -2.23. The Balaban J connectivity index is 2.13. The van der Waals surface area contributed by atoms with Crippen LogP contribution in [0.4, 0.5) is 0 Å². The van der Waals surface area contributed by atoms with Crippen LogP contribution < -0.4 is 0 Å². The molecule has 1 fully saturated rings. The normalized spacial score (nSPS) is 39.1. The predicted octanol–water partition coefficient (Wildman–Crippen LogP) is 1.87. The molecule has 0 aliphatic heterocycles. The fourth-order valence-electron chi connectivity index (χ4n) is 2.23. The van der Waals surface area contributed by atoms with Crippen molar-refractivity contribution in [1.82, 2.24) is 0 Å². The van der Waals surface area contributed by atoms with Crippen molar-refractivity contribution in [3.05, 3.63) is 11.6 Å². The molecule has 0 aromatic heterocycles. The molecule has 0 unspecified atom stereocenters. The molecule has 0 aromatic rings. The average Bonchev–Trinajstić information content (AvgIpc) is 2.36. The highest BCUT2D eigenvalue weighted by atomic mass is 16.3. The number of hydrogen-bond acceptors (Lipinski definition) is 1. The first-order chi connectivity index (χ1) is 4.88. The Morgan fingerprint density at radius 3 is 3.10 bits per heavy atom. The SMILES string of the molecule is O[C@@H]1CCCC2=CCC[C@H]21. The number of allylic oxidation sites excluding steroid dienone is 1. The van der Waals surface area contributed by atoms with E-state index in [1.54, 1.807) is 5.57 Å². The Morgan fingerprint density at radius 1 is 1.40 bits per heavy atom. The highest BCUT2D eigenvalue weighted by Crippen LogP contribution is 2.37. The molecule has 0 bridgehead atoms. The summed E-state index contributed by atoms with van der Waals surface area (Å²) in [6.07, 6.45) is 8.20. The van der Waals surface area contributed by atoms with Gasteiger partial charge in [-0.3, -0.25) is 0 Å². The van der Waals surface area contributed by atoms with Crippen LogP contribution in [0.3, 0.4) is 0 Å². The van der Waals surface area contributed by atoms with E-state index in [0.29, 0.717) is 5.92 Å². The third kappa shape index (κ3) is 0.891. The van der Waals surface area contributed by atoms with E-state index in [-0.39, 0.29) is 6.10 Å². The molecule has 0 amide bonds. The summed E-state index contributed by atoms with van der Waals surface area (Å²) in [5.74, 6) is 0.550. The molecule has 10 heavy (non-hydrogen) atoms. The Hall–Kier alpha value is -0.300. The van der Waals surface area contributed by atoms with Gasteiger partial charge in [0, 0.05) is 5.92 Å². The Kier molecular flexibility index (Phi) is 1.53. The van der Waals surface area contributed by atoms with Crippen molar-refractivity contribution in [3.8, 4) is 0 Å². The standard InChI is InChI=1S/C9H14O/c10-9-6-2-4-7-3-1-5-8(7)9/h3,8-10H,1-2,4-6H2/t8-,9-/m1/s1. The first-order valence-electron chi connectivity index (χ1n) is 4.25. The molecule has 0 radical (unpaired) electrons. The number of aliphatic hydroxyl groups is 1. The zero-order chi connectivity index (χ0) is 6.97. The molecule has 0 saturated heterocycles. The van der Waals surface area contributed by atoms with Gasteiger partial charge in [0.2, 0.25) is 0 Å². The largest absolute Gasteiger partial charge is 0.393 e. The topological polar surface area (TPSA) is 20.2 Å². The average molecular weight is 138 g/mol. The van der Waals surface area contributed by atoms with Crippen LogP contribution in [0.5, 0.6) is 0 Å². The van der Waals surface area contributed by atoms with Gasteiger partial charge in [0.25, 0.3) is 0 Å². The van der Waals surface area contributed by atoms with E-state index in [4.69, 9.17) is 0 Å². The van der Waals surface area contributed by atoms with E-state index < -0.39 is 0 Å². The number of hydrogen-bond donors (Lipinski definition) is 1. The lowest BCUT2D eigenvalue weighted by atomic mass is 9.84. The lowest BCUT2D eigenvalue weighted by Gasteiger charge is -2.26. The fourth-order valence-corrected chi connectivity index (χ4v) is 2.23. The number of fused-ring (bicyclic) bond motifs is 1. The van der Waals surface area contributed by atoms with Crippen LogP contribution in [-0.2, 0) is 0 Å². The summed E-state index contributed by atoms with van der Waals surface area (Å²) in [5.41, 5.74) is 1.54. The monoisotopic (exact) mass is 138 g/mol. The van der Waals surface area contributed by atoms with Gasteiger partial charge in [0.15, 0.2) is 0 Å². The van der Waals surface area contributed by atoms with Gasteiger partial charge in [-0.1, -0.05) is 11.6 Å². The second kappa shape index (κ2) is 2.39. The molecule has 56 valence electrons. The van der Waals surface area contributed by atoms with E-state index in [1.807, 2.05) is 0 Å². The van der Waals surface area contributed by atoms with Crippen LogP contribution in [0.1, 0.15) is 32.1 Å². The summed E-state index contributed by atoms with van der Waals surface area (Å²) in [6.45, 7) is 0. The second-order valence-corrected chi connectivity index (χ2v) is 3.42. The molecule has 0 aromatic carbocycles. The Bertz CT molecular complexity index is 160. The van der Waals surface area contributed by atoms with Crippen LogP contribution in [0.2, 0.25) is 0 Å². The predicted molar refractivity (Wildman–Crippen MR) is 40.7 cm³/mol. The fraction of sp³-hybridized carbons (Fsp3) is 0.778. The van der Waals surface area contributed by atoms with Crippen molar-refractivity contribution in [2.45, 2.75) is 38.2 Å². The minimum atomic E-state index is -0.0116. The highest BCUT2D eigenvalue weighted by molar-refractivity contribution is 5.16. The van der Waals surface area contributed by atoms with Gasteiger partial charge in [-0.25, -0.2) is 0 Å².